The third-order valence-corrected chi connectivity index (χ3v) is 2.49. The Hall–Kier alpha value is -1.77. The Bertz CT molecular complexity index is 474. The summed E-state index contributed by atoms with van der Waals surface area (Å²) in [4.78, 5) is 7.46. The summed E-state index contributed by atoms with van der Waals surface area (Å²) in [5.74, 6) is 1.03. The number of hydrogen-bond donors (Lipinski definition) is 2. The van der Waals surface area contributed by atoms with Crippen LogP contribution < -0.4 is 0 Å². The molecule has 2 N–H and O–H groups in total. The summed E-state index contributed by atoms with van der Waals surface area (Å²) in [5, 5.41) is 9.87. The number of imidazole rings is 1. The molecule has 1 heterocycles. The number of rotatable bonds is 2. The Labute approximate surface area is 88.8 Å². The zero-order chi connectivity index (χ0) is 10.8. The Morgan fingerprint density at radius 3 is 2.87 bits per heavy atom. The van der Waals surface area contributed by atoms with Crippen molar-refractivity contribution in [2.75, 3.05) is 0 Å². The predicted octanol–water partition coefficient (Wildman–Crippen LogP) is 2.65. The van der Waals surface area contributed by atoms with Gasteiger partial charge in [-0.05, 0) is 25.0 Å². The molecule has 0 fully saturated rings. The van der Waals surface area contributed by atoms with Gasteiger partial charge in [-0.15, -0.1) is 0 Å². The lowest BCUT2D eigenvalue weighted by Gasteiger charge is -2.03. The quantitative estimate of drug-likeness (QED) is 0.786. The predicted molar refractivity (Wildman–Crippen MR) is 59.8 cm³/mol. The van der Waals surface area contributed by atoms with Crippen molar-refractivity contribution in [3.63, 3.8) is 0 Å². The Balaban J connectivity index is 2.49. The van der Waals surface area contributed by atoms with Crippen LogP contribution in [0.25, 0.3) is 11.4 Å². The van der Waals surface area contributed by atoms with Gasteiger partial charge in [-0.2, -0.15) is 0 Å². The molecule has 0 spiro atoms. The minimum atomic E-state index is 0.300. The number of benzene rings is 1. The fraction of sp³-hybridized carbons (Fsp3) is 0.250. The largest absolute Gasteiger partial charge is 0.507 e. The first-order valence-corrected chi connectivity index (χ1v) is 5.05. The normalized spacial score (nSPS) is 10.5. The maximum Gasteiger partial charge on any atom is 0.141 e. The lowest BCUT2D eigenvalue weighted by Crippen LogP contribution is -1.85. The standard InChI is InChI=1S/C12H14N2O/c1-3-9-7-13-12(14-9)10-6-4-5-8(2)11(10)15/h4-7,15H,3H2,1-2H3,(H,13,14). The molecule has 2 aromatic rings. The van der Waals surface area contributed by atoms with Crippen LogP contribution in [-0.4, -0.2) is 15.1 Å². The number of hydrogen-bond acceptors (Lipinski definition) is 2. The molecule has 0 aliphatic rings. The molecule has 78 valence electrons. The van der Waals surface area contributed by atoms with E-state index in [2.05, 4.69) is 16.9 Å². The van der Waals surface area contributed by atoms with Gasteiger partial charge in [-0.25, -0.2) is 4.98 Å². The van der Waals surface area contributed by atoms with E-state index in [9.17, 15) is 5.11 Å². The fourth-order valence-corrected chi connectivity index (χ4v) is 1.53. The molecular formula is C12H14N2O. The zero-order valence-corrected chi connectivity index (χ0v) is 8.91. The van der Waals surface area contributed by atoms with E-state index in [-0.39, 0.29) is 0 Å². The number of nitrogens with zero attached hydrogens (tertiary/aromatic N) is 1. The minimum Gasteiger partial charge on any atom is -0.507 e. The SMILES string of the molecule is CCc1c[nH]c(-c2cccc(C)c2O)n1. The number of H-pyrrole nitrogens is 1. The Morgan fingerprint density at radius 1 is 1.40 bits per heavy atom. The van der Waals surface area contributed by atoms with Gasteiger partial charge in [0, 0.05) is 6.20 Å². The number of aromatic amines is 1. The van der Waals surface area contributed by atoms with Gasteiger partial charge in [0.15, 0.2) is 0 Å². The molecule has 3 nitrogen and oxygen atoms in total. The van der Waals surface area contributed by atoms with Crippen molar-refractivity contribution in [1.29, 1.82) is 0 Å². The van der Waals surface area contributed by atoms with Crippen molar-refractivity contribution in [3.8, 4) is 17.1 Å². The second-order valence-electron chi connectivity index (χ2n) is 3.57. The second kappa shape index (κ2) is 3.77. The summed E-state index contributed by atoms with van der Waals surface area (Å²) >= 11 is 0. The third-order valence-electron chi connectivity index (χ3n) is 2.49. The summed E-state index contributed by atoms with van der Waals surface area (Å²) in [7, 11) is 0. The van der Waals surface area contributed by atoms with Crippen molar-refractivity contribution in [1.82, 2.24) is 9.97 Å². The van der Waals surface area contributed by atoms with Gasteiger partial charge in [-0.1, -0.05) is 19.1 Å². The summed E-state index contributed by atoms with van der Waals surface area (Å²) in [6.45, 7) is 3.93. The van der Waals surface area contributed by atoms with Crippen molar-refractivity contribution in [3.05, 3.63) is 35.7 Å². The summed E-state index contributed by atoms with van der Waals surface area (Å²) in [6, 6.07) is 5.65. The van der Waals surface area contributed by atoms with Gasteiger partial charge in [-0.3, -0.25) is 0 Å². The molecule has 15 heavy (non-hydrogen) atoms. The number of phenols is 1. The first-order chi connectivity index (χ1) is 7.22. The van der Waals surface area contributed by atoms with E-state index in [1.54, 1.807) is 0 Å². The van der Waals surface area contributed by atoms with Crippen molar-refractivity contribution >= 4 is 0 Å². The van der Waals surface area contributed by atoms with E-state index in [0.717, 1.165) is 29.1 Å². The molecule has 0 bridgehead atoms. The molecule has 2 rings (SSSR count). The highest BCUT2D eigenvalue weighted by Gasteiger charge is 2.09. The van der Waals surface area contributed by atoms with Crippen LogP contribution in [0.1, 0.15) is 18.2 Å². The molecule has 0 amide bonds. The molecule has 0 saturated carbocycles. The van der Waals surface area contributed by atoms with Gasteiger partial charge in [0.05, 0.1) is 11.3 Å². The van der Waals surface area contributed by atoms with E-state index in [1.165, 1.54) is 0 Å². The summed E-state index contributed by atoms with van der Waals surface area (Å²) in [5.41, 5.74) is 2.63. The van der Waals surface area contributed by atoms with Crippen molar-refractivity contribution in [2.24, 2.45) is 0 Å². The first-order valence-electron chi connectivity index (χ1n) is 5.05. The molecule has 0 unspecified atom stereocenters. The van der Waals surface area contributed by atoms with Crippen LogP contribution in [0.4, 0.5) is 0 Å². The van der Waals surface area contributed by atoms with Crippen LogP contribution >= 0.6 is 0 Å². The number of para-hydroxylation sites is 1. The Morgan fingerprint density at radius 2 is 2.20 bits per heavy atom. The van der Waals surface area contributed by atoms with Crippen molar-refractivity contribution < 1.29 is 5.11 Å². The zero-order valence-electron chi connectivity index (χ0n) is 8.91. The van der Waals surface area contributed by atoms with Crippen LogP contribution in [0.3, 0.4) is 0 Å². The topological polar surface area (TPSA) is 48.9 Å². The van der Waals surface area contributed by atoms with E-state index < -0.39 is 0 Å². The fourth-order valence-electron chi connectivity index (χ4n) is 1.53. The van der Waals surface area contributed by atoms with E-state index in [1.807, 2.05) is 31.3 Å². The lowest BCUT2D eigenvalue weighted by atomic mass is 10.1. The Kier molecular flexibility index (Phi) is 2.46. The molecular weight excluding hydrogens is 188 g/mol. The van der Waals surface area contributed by atoms with Crippen LogP contribution in [-0.2, 0) is 6.42 Å². The highest BCUT2D eigenvalue weighted by molar-refractivity contribution is 5.65. The highest BCUT2D eigenvalue weighted by atomic mass is 16.3. The highest BCUT2D eigenvalue weighted by Crippen LogP contribution is 2.29. The molecule has 0 aliphatic heterocycles. The summed E-state index contributed by atoms with van der Waals surface area (Å²) < 4.78 is 0. The van der Waals surface area contributed by atoms with Gasteiger partial charge in [0.25, 0.3) is 0 Å². The number of aryl methyl sites for hydroxylation is 2. The van der Waals surface area contributed by atoms with Crippen LogP contribution in [0, 0.1) is 6.92 Å². The minimum absolute atomic E-state index is 0.300. The first kappa shape index (κ1) is 9.77. The number of phenolic OH excluding ortho intramolecular Hbond substituents is 1. The molecule has 1 aromatic carbocycles. The molecule has 3 heteroatoms. The van der Waals surface area contributed by atoms with Crippen LogP contribution in [0.2, 0.25) is 0 Å². The lowest BCUT2D eigenvalue weighted by molar-refractivity contribution is 0.473. The van der Waals surface area contributed by atoms with Gasteiger partial charge < -0.3 is 10.1 Å². The smallest absolute Gasteiger partial charge is 0.141 e. The number of nitrogens with one attached hydrogen (secondary N) is 1. The average Bonchev–Trinajstić information content (AvgIpc) is 2.70. The van der Waals surface area contributed by atoms with E-state index in [0.29, 0.717) is 5.75 Å². The number of aromatic nitrogens is 2. The molecule has 0 aliphatic carbocycles. The van der Waals surface area contributed by atoms with Crippen LogP contribution in [0.5, 0.6) is 5.75 Å². The van der Waals surface area contributed by atoms with E-state index >= 15 is 0 Å². The molecule has 1 aromatic heterocycles. The summed E-state index contributed by atoms with van der Waals surface area (Å²) in [6.07, 6.45) is 2.76. The monoisotopic (exact) mass is 202 g/mol. The molecule has 0 saturated heterocycles. The average molecular weight is 202 g/mol. The van der Waals surface area contributed by atoms with E-state index in [4.69, 9.17) is 0 Å². The molecule has 0 radical (unpaired) electrons. The maximum absolute atomic E-state index is 9.87. The van der Waals surface area contributed by atoms with Crippen molar-refractivity contribution in [2.45, 2.75) is 20.3 Å². The number of aromatic hydroxyl groups is 1. The van der Waals surface area contributed by atoms with Crippen LogP contribution in [0.15, 0.2) is 24.4 Å². The third kappa shape index (κ3) is 1.73. The molecule has 0 atom stereocenters. The second-order valence-corrected chi connectivity index (χ2v) is 3.57. The maximum atomic E-state index is 9.87. The van der Waals surface area contributed by atoms with Gasteiger partial charge in [0.2, 0.25) is 0 Å². The van der Waals surface area contributed by atoms with Gasteiger partial charge >= 0.3 is 0 Å². The van der Waals surface area contributed by atoms with Gasteiger partial charge in [0.1, 0.15) is 11.6 Å².